The van der Waals surface area contributed by atoms with Crippen LogP contribution in [0, 0.1) is 5.82 Å². The summed E-state index contributed by atoms with van der Waals surface area (Å²) >= 11 is 6.26. The Kier molecular flexibility index (Phi) is 11.3. The van der Waals surface area contributed by atoms with E-state index in [-0.39, 0.29) is 17.1 Å². The van der Waals surface area contributed by atoms with Crippen molar-refractivity contribution in [2.45, 2.75) is 64.5 Å². The molecule has 2 atom stereocenters. The molecule has 8 nitrogen and oxygen atoms in total. The molecule has 43 heavy (non-hydrogen) atoms. The van der Waals surface area contributed by atoms with Crippen molar-refractivity contribution >= 4 is 28.5 Å². The first kappa shape index (κ1) is 32.1. The summed E-state index contributed by atoms with van der Waals surface area (Å²) in [5, 5.41) is 4.33. The van der Waals surface area contributed by atoms with Crippen LogP contribution in [0.25, 0.3) is 28.0 Å². The molecule has 0 aliphatic rings. The van der Waals surface area contributed by atoms with Crippen molar-refractivity contribution in [2.24, 2.45) is 16.5 Å². The second-order valence-corrected chi connectivity index (χ2v) is 11.3. The molecule has 10 heteroatoms. The normalized spacial score (nSPS) is 13.4. The molecule has 6 N–H and O–H groups in total. The topological polar surface area (TPSA) is 127 Å². The maximum atomic E-state index is 15.1. The number of aromatic nitrogens is 3. The Morgan fingerprint density at radius 3 is 2.70 bits per heavy atom. The zero-order chi connectivity index (χ0) is 30.9. The minimum atomic E-state index is -0.525. The molecular formula is C33H41ClFN7O. The van der Waals surface area contributed by atoms with Gasteiger partial charge in [-0.2, -0.15) is 4.98 Å². The summed E-state index contributed by atoms with van der Waals surface area (Å²) in [6.07, 6.45) is 8.66. The van der Waals surface area contributed by atoms with Crippen LogP contribution in [0.4, 0.5) is 4.39 Å². The van der Waals surface area contributed by atoms with Gasteiger partial charge in [-0.3, -0.25) is 9.56 Å². The molecule has 0 amide bonds. The number of rotatable bonds is 15. The summed E-state index contributed by atoms with van der Waals surface area (Å²) in [6, 6.07) is 13.2. The largest absolute Gasteiger partial charge is 0.388 e. The van der Waals surface area contributed by atoms with Crippen LogP contribution in [0.2, 0.25) is 5.02 Å². The smallest absolute Gasteiger partial charge is 0.354 e. The number of benzene rings is 2. The van der Waals surface area contributed by atoms with Crippen LogP contribution in [-0.2, 0) is 6.42 Å². The van der Waals surface area contributed by atoms with E-state index in [1.54, 1.807) is 37.4 Å². The van der Waals surface area contributed by atoms with Crippen molar-refractivity contribution in [3.8, 4) is 16.9 Å². The third kappa shape index (κ3) is 8.40. The molecule has 2 aromatic carbocycles. The summed E-state index contributed by atoms with van der Waals surface area (Å²) in [6.45, 7) is 9.20. The van der Waals surface area contributed by atoms with Gasteiger partial charge in [-0.15, -0.1) is 6.58 Å². The van der Waals surface area contributed by atoms with Crippen LogP contribution >= 0.6 is 11.6 Å². The minimum Gasteiger partial charge on any atom is -0.388 e. The standard InChI is InChI=1S/C33H41ClFN7O/c1-4-8-29(39-16-7-15-38-21(3)36)23-11-13-26(14-12-23)42-20-24-19-30(40-32(24)41-33(42)43)27-17-22(18-28(34)31(27)35)9-6-10-25(37)5-2/h5,11-14,17-20,25,29,39H,2,4,6-10,15-16,37H2,1,3H3,(H2,36,38)(H,40,41,43). The van der Waals surface area contributed by atoms with Crippen molar-refractivity contribution in [1.29, 1.82) is 0 Å². The lowest BCUT2D eigenvalue weighted by Crippen LogP contribution is -2.23. The van der Waals surface area contributed by atoms with E-state index in [1.807, 2.05) is 24.3 Å². The SMILES string of the molecule is C=CC(N)CCCc1cc(Cl)c(F)c(-c2cc3cn(-c4ccc(C(CCC)NCCCN=C(C)N)cc4)c(=O)nc3[nH]2)c1. The Morgan fingerprint density at radius 2 is 2.00 bits per heavy atom. The molecule has 0 saturated carbocycles. The number of aromatic amines is 1. The number of aliphatic imine (C=N–C) groups is 1. The lowest BCUT2D eigenvalue weighted by atomic mass is 10.0. The maximum Gasteiger partial charge on any atom is 0.354 e. The number of nitrogens with one attached hydrogen (secondary N) is 2. The molecule has 0 spiro atoms. The van der Waals surface area contributed by atoms with Crippen LogP contribution in [0.1, 0.15) is 63.1 Å². The number of halogens is 2. The van der Waals surface area contributed by atoms with Gasteiger partial charge in [0.2, 0.25) is 0 Å². The van der Waals surface area contributed by atoms with Crippen LogP contribution in [-0.4, -0.2) is 39.5 Å². The number of hydrogen-bond acceptors (Lipinski definition) is 5. The number of hydrogen-bond donors (Lipinski definition) is 4. The van der Waals surface area contributed by atoms with E-state index >= 15 is 4.39 Å². The zero-order valence-electron chi connectivity index (χ0n) is 24.9. The Labute approximate surface area is 257 Å². The van der Waals surface area contributed by atoms with Gasteiger partial charge in [0.25, 0.3) is 0 Å². The average molecular weight is 606 g/mol. The van der Waals surface area contributed by atoms with Crippen molar-refractivity contribution in [3.63, 3.8) is 0 Å². The monoisotopic (exact) mass is 605 g/mol. The van der Waals surface area contributed by atoms with Gasteiger partial charge in [0.05, 0.1) is 22.2 Å². The Hall–Kier alpha value is -3.79. The number of nitrogens with zero attached hydrogens (tertiary/aromatic N) is 3. The quantitative estimate of drug-likeness (QED) is 0.0555. The van der Waals surface area contributed by atoms with E-state index in [9.17, 15) is 4.79 Å². The molecule has 2 aromatic heterocycles. The lowest BCUT2D eigenvalue weighted by Gasteiger charge is -2.19. The Balaban J connectivity index is 1.55. The summed E-state index contributed by atoms with van der Waals surface area (Å²) in [4.78, 5) is 24.6. The lowest BCUT2D eigenvalue weighted by molar-refractivity contribution is 0.490. The molecule has 0 saturated heterocycles. The van der Waals surface area contributed by atoms with E-state index in [0.29, 0.717) is 46.8 Å². The van der Waals surface area contributed by atoms with Gasteiger partial charge in [-0.25, -0.2) is 9.18 Å². The highest BCUT2D eigenvalue weighted by Gasteiger charge is 2.16. The zero-order valence-corrected chi connectivity index (χ0v) is 25.6. The molecule has 0 fully saturated rings. The van der Waals surface area contributed by atoms with Gasteiger partial charge in [-0.1, -0.05) is 43.2 Å². The summed E-state index contributed by atoms with van der Waals surface area (Å²) in [5.74, 6) is 0.0738. The second kappa shape index (κ2) is 15.1. The third-order valence-electron chi connectivity index (χ3n) is 7.43. The summed E-state index contributed by atoms with van der Waals surface area (Å²) < 4.78 is 16.6. The van der Waals surface area contributed by atoms with Gasteiger partial charge in [0.15, 0.2) is 5.82 Å². The molecule has 0 bridgehead atoms. The molecule has 2 heterocycles. The number of H-pyrrole nitrogens is 1. The van der Waals surface area contributed by atoms with Crippen molar-refractivity contribution in [3.05, 3.63) is 93.8 Å². The fraction of sp³-hybridized carbons (Fsp3) is 0.364. The average Bonchev–Trinajstić information content (AvgIpc) is 3.40. The van der Waals surface area contributed by atoms with Crippen LogP contribution in [0.3, 0.4) is 0 Å². The highest BCUT2D eigenvalue weighted by Crippen LogP contribution is 2.31. The fourth-order valence-corrected chi connectivity index (χ4v) is 5.36. The molecule has 0 aliphatic carbocycles. The van der Waals surface area contributed by atoms with Gasteiger partial charge >= 0.3 is 5.69 Å². The summed E-state index contributed by atoms with van der Waals surface area (Å²) in [7, 11) is 0. The van der Waals surface area contributed by atoms with Crippen molar-refractivity contribution < 1.29 is 4.39 Å². The van der Waals surface area contributed by atoms with Gasteiger partial charge < -0.3 is 21.8 Å². The number of fused-ring (bicyclic) bond motifs is 1. The first-order chi connectivity index (χ1) is 20.7. The van der Waals surface area contributed by atoms with E-state index in [2.05, 4.69) is 33.8 Å². The first-order valence-corrected chi connectivity index (χ1v) is 15.2. The predicted octanol–water partition coefficient (Wildman–Crippen LogP) is 6.21. The van der Waals surface area contributed by atoms with Gasteiger partial charge in [0, 0.05) is 35.8 Å². The Morgan fingerprint density at radius 1 is 1.23 bits per heavy atom. The predicted molar refractivity (Wildman–Crippen MR) is 176 cm³/mol. The van der Waals surface area contributed by atoms with Crippen molar-refractivity contribution in [1.82, 2.24) is 19.9 Å². The second-order valence-electron chi connectivity index (χ2n) is 10.9. The fourth-order valence-electron chi connectivity index (χ4n) is 5.12. The molecule has 2 unspecified atom stereocenters. The number of amidine groups is 1. The van der Waals surface area contributed by atoms with Gasteiger partial charge in [-0.05, 0) is 87.0 Å². The van der Waals surface area contributed by atoms with Gasteiger partial charge in [0.1, 0.15) is 5.65 Å². The van der Waals surface area contributed by atoms with Crippen LogP contribution in [0.5, 0.6) is 0 Å². The minimum absolute atomic E-state index is 0.0434. The van der Waals surface area contributed by atoms with E-state index in [4.69, 9.17) is 23.1 Å². The third-order valence-corrected chi connectivity index (χ3v) is 7.70. The number of nitrogens with two attached hydrogens (primary N) is 2. The highest BCUT2D eigenvalue weighted by atomic mass is 35.5. The molecule has 4 rings (SSSR count). The van der Waals surface area contributed by atoms with Crippen LogP contribution < -0.4 is 22.5 Å². The van der Waals surface area contributed by atoms with E-state index in [0.717, 1.165) is 49.8 Å². The number of aryl methyl sites for hydroxylation is 1. The van der Waals surface area contributed by atoms with E-state index < -0.39 is 11.5 Å². The molecule has 228 valence electrons. The first-order valence-electron chi connectivity index (χ1n) is 14.8. The molecule has 0 aliphatic heterocycles. The molecular weight excluding hydrogens is 565 g/mol. The molecule has 0 radical (unpaired) electrons. The molecule has 4 aromatic rings. The maximum absolute atomic E-state index is 15.1. The Bertz CT molecular complexity index is 1620. The van der Waals surface area contributed by atoms with E-state index in [1.165, 1.54) is 4.57 Å². The van der Waals surface area contributed by atoms with Crippen molar-refractivity contribution in [2.75, 3.05) is 13.1 Å². The summed E-state index contributed by atoms with van der Waals surface area (Å²) in [5.41, 5.74) is 15.1. The highest BCUT2D eigenvalue weighted by molar-refractivity contribution is 6.31. The van der Waals surface area contributed by atoms with Crippen LogP contribution in [0.15, 0.2) is 71.1 Å².